The summed E-state index contributed by atoms with van der Waals surface area (Å²) in [7, 11) is 0. The number of nitrogens with zero attached hydrogens (tertiary/aromatic N) is 1. The van der Waals surface area contributed by atoms with Crippen molar-refractivity contribution in [1.82, 2.24) is 4.90 Å². The minimum atomic E-state index is -0.251. The van der Waals surface area contributed by atoms with Crippen LogP contribution >= 0.6 is 11.8 Å². The summed E-state index contributed by atoms with van der Waals surface area (Å²) >= 11 is 1.82. The molecule has 0 bridgehead atoms. The summed E-state index contributed by atoms with van der Waals surface area (Å²) in [4.78, 5) is 23.1. The minimum Gasteiger partial charge on any atom is -0.323 e. The van der Waals surface area contributed by atoms with E-state index in [0.717, 1.165) is 0 Å². The summed E-state index contributed by atoms with van der Waals surface area (Å²) in [6.07, 6.45) is 0.667. The van der Waals surface area contributed by atoms with Crippen molar-refractivity contribution in [2.75, 3.05) is 0 Å². The Kier molecular flexibility index (Phi) is 4.25. The van der Waals surface area contributed by atoms with E-state index in [2.05, 4.69) is 20.8 Å². The predicted octanol–water partition coefficient (Wildman–Crippen LogP) is 1.38. The van der Waals surface area contributed by atoms with E-state index >= 15 is 0 Å². The standard InChI is InChI=1S/C8H14N2OS.C4H8O/c1-4-8(2,3)12-7-5(9)6(11)10(4)7;1-3-4(2)5/h4-5,7H,9H2,1-3H3;3H2,1-2H3/t4-,5+,7+;/m1./s1. The van der Waals surface area contributed by atoms with Crippen LogP contribution in [0.4, 0.5) is 0 Å². The smallest absolute Gasteiger partial charge is 0.243 e. The number of rotatable bonds is 1. The first kappa shape index (κ1) is 14.5. The van der Waals surface area contributed by atoms with Crippen molar-refractivity contribution in [2.45, 2.75) is 63.2 Å². The van der Waals surface area contributed by atoms with Gasteiger partial charge in [0.25, 0.3) is 0 Å². The molecule has 0 aromatic heterocycles. The highest BCUT2D eigenvalue weighted by molar-refractivity contribution is 8.01. The Morgan fingerprint density at radius 3 is 2.35 bits per heavy atom. The average molecular weight is 258 g/mol. The summed E-state index contributed by atoms with van der Waals surface area (Å²) in [5.74, 6) is 0.371. The molecule has 2 saturated heterocycles. The van der Waals surface area contributed by atoms with Crippen molar-refractivity contribution in [2.24, 2.45) is 5.73 Å². The first-order chi connectivity index (χ1) is 7.72. The number of Topliss-reactive ketones (excluding diaryl/α,β-unsaturated/α-hetero) is 1. The molecule has 0 radical (unpaired) electrons. The summed E-state index contributed by atoms with van der Waals surface area (Å²) in [5, 5.41) is 0.238. The van der Waals surface area contributed by atoms with Crippen LogP contribution in [0.5, 0.6) is 0 Å². The molecular weight excluding hydrogens is 236 g/mol. The monoisotopic (exact) mass is 258 g/mol. The van der Waals surface area contributed by atoms with Crippen molar-refractivity contribution in [3.05, 3.63) is 0 Å². The van der Waals surface area contributed by atoms with Crippen molar-refractivity contribution in [3.8, 4) is 0 Å². The fourth-order valence-corrected chi connectivity index (χ4v) is 3.39. The van der Waals surface area contributed by atoms with Crippen LogP contribution in [0.3, 0.4) is 0 Å². The largest absolute Gasteiger partial charge is 0.323 e. The van der Waals surface area contributed by atoms with Gasteiger partial charge in [0, 0.05) is 17.2 Å². The molecule has 3 atom stereocenters. The second-order valence-electron chi connectivity index (χ2n) is 5.11. The molecule has 1 amide bonds. The van der Waals surface area contributed by atoms with Crippen LogP contribution in [0, 0.1) is 0 Å². The summed E-state index contributed by atoms with van der Waals surface area (Å²) < 4.78 is 0.161. The summed E-state index contributed by atoms with van der Waals surface area (Å²) in [5.41, 5.74) is 5.68. The third-order valence-corrected chi connectivity index (χ3v) is 5.18. The van der Waals surface area contributed by atoms with Crippen molar-refractivity contribution in [1.29, 1.82) is 0 Å². The van der Waals surface area contributed by atoms with Gasteiger partial charge in [0.05, 0.1) is 0 Å². The van der Waals surface area contributed by atoms with Gasteiger partial charge in [-0.1, -0.05) is 6.92 Å². The van der Waals surface area contributed by atoms with Gasteiger partial charge < -0.3 is 15.4 Å². The molecule has 0 saturated carbocycles. The fourth-order valence-electron chi connectivity index (χ4n) is 1.80. The van der Waals surface area contributed by atoms with Gasteiger partial charge in [-0.15, -0.1) is 11.8 Å². The van der Waals surface area contributed by atoms with E-state index in [4.69, 9.17) is 5.73 Å². The molecule has 2 aliphatic rings. The molecule has 2 fully saturated rings. The van der Waals surface area contributed by atoms with E-state index in [0.29, 0.717) is 12.5 Å². The maximum atomic E-state index is 11.3. The number of ketones is 1. The number of fused-ring (bicyclic) bond motifs is 1. The molecule has 5 heteroatoms. The van der Waals surface area contributed by atoms with Gasteiger partial charge in [0.2, 0.25) is 5.91 Å². The number of carbonyl (C=O) groups excluding carboxylic acids is 2. The molecule has 4 nitrogen and oxygen atoms in total. The molecule has 2 N–H and O–H groups in total. The summed E-state index contributed by atoms with van der Waals surface area (Å²) in [6.45, 7) is 9.86. The zero-order chi connectivity index (χ0) is 13.4. The van der Waals surface area contributed by atoms with Gasteiger partial charge in [-0.05, 0) is 27.7 Å². The number of amides is 1. The lowest BCUT2D eigenvalue weighted by atomic mass is 9.98. The number of carbonyl (C=O) groups is 2. The van der Waals surface area contributed by atoms with Crippen molar-refractivity contribution >= 4 is 23.5 Å². The normalized spacial score (nSPS) is 33.4. The van der Waals surface area contributed by atoms with E-state index < -0.39 is 0 Å². The van der Waals surface area contributed by atoms with Crippen molar-refractivity contribution in [3.63, 3.8) is 0 Å². The highest BCUT2D eigenvalue weighted by Crippen LogP contribution is 2.49. The number of β-lactam (4-membered cyclic amide) rings is 1. The number of thioether (sulfide) groups is 1. The topological polar surface area (TPSA) is 63.4 Å². The molecule has 0 unspecified atom stereocenters. The number of nitrogens with two attached hydrogens (primary N) is 1. The highest BCUT2D eigenvalue weighted by atomic mass is 32.2. The van der Waals surface area contributed by atoms with Crippen LogP contribution < -0.4 is 5.73 Å². The Bertz CT molecular complexity index is 330. The zero-order valence-corrected chi connectivity index (χ0v) is 12.0. The van der Waals surface area contributed by atoms with E-state index in [9.17, 15) is 9.59 Å². The number of hydrogen-bond donors (Lipinski definition) is 1. The highest BCUT2D eigenvalue weighted by Gasteiger charge is 2.58. The average Bonchev–Trinajstić information content (AvgIpc) is 2.48. The molecule has 2 heterocycles. The van der Waals surface area contributed by atoms with E-state index in [1.807, 2.05) is 23.6 Å². The van der Waals surface area contributed by atoms with Gasteiger partial charge in [0.1, 0.15) is 17.2 Å². The lowest BCUT2D eigenvalue weighted by molar-refractivity contribution is -0.146. The fraction of sp³-hybridized carbons (Fsp3) is 0.833. The SMILES string of the molecule is CCC(C)=O.C[C@H]1N2C(=O)[C@H](N)[C@@H]2SC1(C)C. The molecule has 2 rings (SSSR count). The van der Waals surface area contributed by atoms with Crippen LogP contribution in [0.2, 0.25) is 0 Å². The zero-order valence-electron chi connectivity index (χ0n) is 11.2. The van der Waals surface area contributed by atoms with Gasteiger partial charge in [-0.2, -0.15) is 0 Å². The maximum absolute atomic E-state index is 11.3. The van der Waals surface area contributed by atoms with Crippen LogP contribution in [-0.2, 0) is 9.59 Å². The van der Waals surface area contributed by atoms with E-state index in [-0.39, 0.29) is 27.9 Å². The first-order valence-electron chi connectivity index (χ1n) is 5.97. The number of hydrogen-bond acceptors (Lipinski definition) is 4. The Labute approximate surface area is 107 Å². The van der Waals surface area contributed by atoms with Gasteiger partial charge in [-0.25, -0.2) is 0 Å². The van der Waals surface area contributed by atoms with Gasteiger partial charge >= 0.3 is 0 Å². The Balaban J connectivity index is 0.000000249. The van der Waals surface area contributed by atoms with Crippen LogP contribution in [-0.4, -0.2) is 38.8 Å². The molecule has 0 spiro atoms. The van der Waals surface area contributed by atoms with Gasteiger partial charge in [-0.3, -0.25) is 4.79 Å². The van der Waals surface area contributed by atoms with Crippen LogP contribution in [0.15, 0.2) is 0 Å². The molecule has 17 heavy (non-hydrogen) atoms. The second kappa shape index (κ2) is 4.98. The molecule has 0 aromatic rings. The van der Waals surface area contributed by atoms with Crippen LogP contribution in [0.25, 0.3) is 0 Å². The molecular formula is C12H22N2O2S. The molecule has 2 aliphatic heterocycles. The third-order valence-electron chi connectivity index (χ3n) is 3.47. The maximum Gasteiger partial charge on any atom is 0.243 e. The Morgan fingerprint density at radius 1 is 1.53 bits per heavy atom. The first-order valence-corrected chi connectivity index (χ1v) is 6.85. The van der Waals surface area contributed by atoms with Crippen molar-refractivity contribution < 1.29 is 9.59 Å². The molecule has 98 valence electrons. The second-order valence-corrected chi connectivity index (χ2v) is 6.89. The minimum absolute atomic E-state index is 0.116. The third kappa shape index (κ3) is 2.65. The summed E-state index contributed by atoms with van der Waals surface area (Å²) in [6, 6.07) is 0.0685. The van der Waals surface area contributed by atoms with E-state index in [1.165, 1.54) is 0 Å². The predicted molar refractivity (Wildman–Crippen MR) is 70.7 cm³/mol. The van der Waals surface area contributed by atoms with Crippen LogP contribution in [0.1, 0.15) is 41.0 Å². The molecule has 0 aromatic carbocycles. The Morgan fingerprint density at radius 2 is 2.00 bits per heavy atom. The van der Waals surface area contributed by atoms with Gasteiger partial charge in [0.15, 0.2) is 0 Å². The Hall–Kier alpha value is -0.550. The quantitative estimate of drug-likeness (QED) is 0.722. The van der Waals surface area contributed by atoms with E-state index in [1.54, 1.807) is 6.92 Å². The lowest BCUT2D eigenvalue weighted by Gasteiger charge is -2.42. The lowest BCUT2D eigenvalue weighted by Crippen LogP contribution is -2.66. The molecule has 0 aliphatic carbocycles.